The van der Waals surface area contributed by atoms with Crippen molar-refractivity contribution in [2.75, 3.05) is 6.61 Å². The van der Waals surface area contributed by atoms with Gasteiger partial charge in [0.05, 0.1) is 29.6 Å². The second-order valence-electron chi connectivity index (χ2n) is 4.00. The van der Waals surface area contributed by atoms with Crippen LogP contribution >= 0.6 is 11.6 Å². The summed E-state index contributed by atoms with van der Waals surface area (Å²) in [6, 6.07) is 0. The van der Waals surface area contributed by atoms with Crippen molar-refractivity contribution >= 4 is 11.6 Å². The van der Waals surface area contributed by atoms with Crippen molar-refractivity contribution in [1.29, 1.82) is 0 Å². The van der Waals surface area contributed by atoms with Gasteiger partial charge in [-0.3, -0.25) is 4.68 Å². The van der Waals surface area contributed by atoms with Gasteiger partial charge in [-0.2, -0.15) is 5.10 Å². The topological polar surface area (TPSA) is 47.3 Å². The van der Waals surface area contributed by atoms with E-state index in [0.29, 0.717) is 10.7 Å². The van der Waals surface area contributed by atoms with E-state index in [1.807, 2.05) is 13.8 Å². The van der Waals surface area contributed by atoms with Crippen LogP contribution in [0.25, 0.3) is 0 Å². The summed E-state index contributed by atoms with van der Waals surface area (Å²) in [7, 11) is 0. The molecule has 1 unspecified atom stereocenters. The van der Waals surface area contributed by atoms with Gasteiger partial charge in [-0.15, -0.1) is 0 Å². The second-order valence-corrected chi connectivity index (χ2v) is 4.41. The monoisotopic (exact) mass is 246 g/mol. The molecule has 1 atom stereocenters. The molecule has 0 saturated carbocycles. The third-order valence-electron chi connectivity index (χ3n) is 2.17. The van der Waals surface area contributed by atoms with Gasteiger partial charge in [-0.1, -0.05) is 18.5 Å². The van der Waals surface area contributed by atoms with Gasteiger partial charge in [0, 0.05) is 6.54 Å². The van der Waals surface area contributed by atoms with E-state index in [1.54, 1.807) is 10.9 Å². The van der Waals surface area contributed by atoms with E-state index in [0.717, 1.165) is 13.0 Å². The van der Waals surface area contributed by atoms with Crippen molar-refractivity contribution in [3.8, 4) is 0 Å². The number of ether oxygens (including phenoxy) is 1. The number of aliphatic hydroxyl groups is 1. The molecule has 0 radical (unpaired) electrons. The lowest BCUT2D eigenvalue weighted by Crippen LogP contribution is -2.16. The van der Waals surface area contributed by atoms with Crippen molar-refractivity contribution in [2.24, 2.45) is 0 Å². The standard InChI is InChI=1S/C11H19ClN2O2/c1-4-5-14-11(9(12)6-13-14)10(15)7-16-8(2)3/h6,8,10,15H,4-5,7H2,1-3H3. The maximum atomic E-state index is 9.98. The van der Waals surface area contributed by atoms with Crippen molar-refractivity contribution in [1.82, 2.24) is 9.78 Å². The summed E-state index contributed by atoms with van der Waals surface area (Å²) in [5, 5.41) is 14.6. The molecular formula is C11H19ClN2O2. The van der Waals surface area contributed by atoms with E-state index in [-0.39, 0.29) is 12.7 Å². The van der Waals surface area contributed by atoms with Crippen LogP contribution in [0.3, 0.4) is 0 Å². The van der Waals surface area contributed by atoms with Crippen LogP contribution < -0.4 is 0 Å². The molecule has 1 aromatic rings. The lowest BCUT2D eigenvalue weighted by atomic mass is 10.2. The molecule has 4 nitrogen and oxygen atoms in total. The Morgan fingerprint density at radius 3 is 2.81 bits per heavy atom. The van der Waals surface area contributed by atoms with E-state index >= 15 is 0 Å². The third kappa shape index (κ3) is 3.47. The summed E-state index contributed by atoms with van der Waals surface area (Å²) in [6.45, 7) is 6.90. The van der Waals surface area contributed by atoms with Gasteiger partial charge in [-0.25, -0.2) is 0 Å². The molecule has 1 heterocycles. The van der Waals surface area contributed by atoms with E-state index < -0.39 is 6.10 Å². The average Bonchev–Trinajstić information content (AvgIpc) is 2.57. The smallest absolute Gasteiger partial charge is 0.120 e. The molecule has 0 aliphatic rings. The van der Waals surface area contributed by atoms with Crippen LogP contribution in [-0.4, -0.2) is 27.6 Å². The van der Waals surface area contributed by atoms with Gasteiger partial charge in [0.25, 0.3) is 0 Å². The molecule has 0 amide bonds. The van der Waals surface area contributed by atoms with Gasteiger partial charge in [0.2, 0.25) is 0 Å². The van der Waals surface area contributed by atoms with Crippen molar-refractivity contribution in [3.05, 3.63) is 16.9 Å². The second kappa shape index (κ2) is 6.23. The molecule has 1 rings (SSSR count). The van der Waals surface area contributed by atoms with Gasteiger partial charge >= 0.3 is 0 Å². The highest BCUT2D eigenvalue weighted by molar-refractivity contribution is 6.31. The van der Waals surface area contributed by atoms with Crippen LogP contribution in [-0.2, 0) is 11.3 Å². The molecule has 1 N–H and O–H groups in total. The maximum absolute atomic E-state index is 9.98. The van der Waals surface area contributed by atoms with Gasteiger partial charge < -0.3 is 9.84 Å². The Morgan fingerprint density at radius 2 is 2.25 bits per heavy atom. The summed E-state index contributed by atoms with van der Waals surface area (Å²) in [4.78, 5) is 0. The Bertz CT molecular complexity index is 326. The van der Waals surface area contributed by atoms with Crippen molar-refractivity contribution < 1.29 is 9.84 Å². The Labute approximate surface area is 101 Å². The molecule has 0 spiro atoms. The quantitative estimate of drug-likeness (QED) is 0.839. The average molecular weight is 247 g/mol. The minimum atomic E-state index is -0.719. The maximum Gasteiger partial charge on any atom is 0.120 e. The summed E-state index contributed by atoms with van der Waals surface area (Å²) >= 11 is 5.99. The number of halogens is 1. The number of aryl methyl sites for hydroxylation is 1. The first-order chi connectivity index (χ1) is 7.56. The molecular weight excluding hydrogens is 228 g/mol. The number of hydrogen-bond acceptors (Lipinski definition) is 3. The third-order valence-corrected chi connectivity index (χ3v) is 2.46. The predicted octanol–water partition coefficient (Wildman–Crippen LogP) is 2.40. The molecule has 0 aliphatic carbocycles. The van der Waals surface area contributed by atoms with E-state index in [1.165, 1.54) is 0 Å². The van der Waals surface area contributed by atoms with Crippen LogP contribution in [0.5, 0.6) is 0 Å². The first kappa shape index (κ1) is 13.5. The van der Waals surface area contributed by atoms with Gasteiger partial charge in [0.1, 0.15) is 6.10 Å². The number of rotatable bonds is 6. The van der Waals surface area contributed by atoms with Crippen molar-refractivity contribution in [2.45, 2.75) is 45.9 Å². The van der Waals surface area contributed by atoms with Gasteiger partial charge in [-0.05, 0) is 20.3 Å². The highest BCUT2D eigenvalue weighted by Gasteiger charge is 2.18. The Balaban J connectivity index is 2.72. The normalized spacial score (nSPS) is 13.4. The Kier molecular flexibility index (Phi) is 5.25. The van der Waals surface area contributed by atoms with Crippen molar-refractivity contribution in [3.63, 3.8) is 0 Å². The van der Waals surface area contributed by atoms with Crippen LogP contribution in [0, 0.1) is 0 Å². The molecule has 0 aliphatic heterocycles. The molecule has 92 valence electrons. The first-order valence-electron chi connectivity index (χ1n) is 5.57. The fourth-order valence-corrected chi connectivity index (χ4v) is 1.72. The molecule has 0 bridgehead atoms. The fraction of sp³-hybridized carbons (Fsp3) is 0.727. The number of aromatic nitrogens is 2. The minimum Gasteiger partial charge on any atom is -0.384 e. The van der Waals surface area contributed by atoms with E-state index in [4.69, 9.17) is 16.3 Å². The first-order valence-corrected chi connectivity index (χ1v) is 5.94. The zero-order chi connectivity index (χ0) is 12.1. The molecule has 5 heteroatoms. The van der Waals surface area contributed by atoms with Crippen LogP contribution in [0.2, 0.25) is 5.02 Å². The number of hydrogen-bond donors (Lipinski definition) is 1. The molecule has 0 aromatic carbocycles. The molecule has 0 saturated heterocycles. The summed E-state index contributed by atoms with van der Waals surface area (Å²) in [5.41, 5.74) is 0.643. The Morgan fingerprint density at radius 1 is 1.56 bits per heavy atom. The van der Waals surface area contributed by atoms with Gasteiger partial charge in [0.15, 0.2) is 0 Å². The van der Waals surface area contributed by atoms with Crippen LogP contribution in [0.1, 0.15) is 39.0 Å². The highest BCUT2D eigenvalue weighted by atomic mass is 35.5. The molecule has 1 aromatic heterocycles. The highest BCUT2D eigenvalue weighted by Crippen LogP contribution is 2.23. The zero-order valence-corrected chi connectivity index (χ0v) is 10.7. The lowest BCUT2D eigenvalue weighted by molar-refractivity contribution is 0.00148. The number of aliphatic hydroxyl groups excluding tert-OH is 1. The lowest BCUT2D eigenvalue weighted by Gasteiger charge is -2.15. The molecule has 16 heavy (non-hydrogen) atoms. The summed E-state index contributed by atoms with van der Waals surface area (Å²) < 4.78 is 7.10. The fourth-order valence-electron chi connectivity index (χ4n) is 1.46. The SMILES string of the molecule is CCCn1ncc(Cl)c1C(O)COC(C)C. The minimum absolute atomic E-state index is 0.0935. The van der Waals surface area contributed by atoms with Crippen LogP contribution in [0.4, 0.5) is 0 Å². The zero-order valence-electron chi connectivity index (χ0n) is 9.98. The largest absolute Gasteiger partial charge is 0.384 e. The summed E-state index contributed by atoms with van der Waals surface area (Å²) in [5.74, 6) is 0. The Hall–Kier alpha value is -0.580. The number of nitrogens with zero attached hydrogens (tertiary/aromatic N) is 2. The van der Waals surface area contributed by atoms with E-state index in [2.05, 4.69) is 12.0 Å². The summed E-state index contributed by atoms with van der Waals surface area (Å²) in [6.07, 6.45) is 1.88. The van der Waals surface area contributed by atoms with E-state index in [9.17, 15) is 5.11 Å². The van der Waals surface area contributed by atoms with Crippen LogP contribution in [0.15, 0.2) is 6.20 Å². The molecule has 0 fully saturated rings. The predicted molar refractivity (Wildman–Crippen MR) is 63.6 cm³/mol.